The van der Waals surface area contributed by atoms with Gasteiger partial charge in [-0.2, -0.15) is 0 Å². The van der Waals surface area contributed by atoms with Gasteiger partial charge < -0.3 is 15.4 Å². The molecule has 0 aliphatic carbocycles. The molecule has 0 spiro atoms. The van der Waals surface area contributed by atoms with E-state index in [1.165, 1.54) is 7.11 Å². The molecule has 58 valence electrons. The Hall–Kier alpha value is -0.770. The van der Waals surface area contributed by atoms with Crippen LogP contribution >= 0.6 is 0 Å². The lowest BCUT2D eigenvalue weighted by Gasteiger charge is -2.27. The Kier molecular flexibility index (Phi) is 2.50. The molecule has 4 nitrogen and oxygen atoms in total. The van der Waals surface area contributed by atoms with Crippen LogP contribution in [0.5, 0.6) is 0 Å². The molecule has 1 rings (SSSR count). The number of methoxy groups -OCH3 is 1. The van der Waals surface area contributed by atoms with E-state index in [0.29, 0.717) is 12.6 Å². The summed E-state index contributed by atoms with van der Waals surface area (Å²) in [6.07, 6.45) is 0.790. The van der Waals surface area contributed by atoms with E-state index in [0.717, 1.165) is 13.0 Å². The van der Waals surface area contributed by atoms with Crippen LogP contribution in [0.1, 0.15) is 6.42 Å². The zero-order valence-corrected chi connectivity index (χ0v) is 6.02. The number of rotatable bonds is 2. The first kappa shape index (κ1) is 7.34. The highest BCUT2D eigenvalue weighted by molar-refractivity contribution is 5.66. The van der Waals surface area contributed by atoms with Gasteiger partial charge in [0.15, 0.2) is 0 Å². The lowest BCUT2D eigenvalue weighted by Crippen LogP contribution is -2.50. The fourth-order valence-electron chi connectivity index (χ4n) is 0.801. The highest BCUT2D eigenvalue weighted by atomic mass is 16.5. The van der Waals surface area contributed by atoms with Gasteiger partial charge in [-0.25, -0.2) is 4.79 Å². The van der Waals surface area contributed by atoms with Gasteiger partial charge >= 0.3 is 6.09 Å². The summed E-state index contributed by atoms with van der Waals surface area (Å²) in [5.41, 5.74) is 0. The number of hydrogen-bond donors (Lipinski definition) is 2. The SMILES string of the molecule is COC(=O)NCC1CCN1. The van der Waals surface area contributed by atoms with E-state index in [1.807, 2.05) is 0 Å². The third kappa shape index (κ3) is 1.88. The third-order valence-corrected chi connectivity index (χ3v) is 1.60. The van der Waals surface area contributed by atoms with E-state index >= 15 is 0 Å². The van der Waals surface area contributed by atoms with Crippen LogP contribution in [0.4, 0.5) is 4.79 Å². The molecule has 0 aromatic carbocycles. The van der Waals surface area contributed by atoms with E-state index < -0.39 is 0 Å². The third-order valence-electron chi connectivity index (χ3n) is 1.60. The number of hydrogen-bond acceptors (Lipinski definition) is 3. The molecule has 1 aliphatic heterocycles. The fraction of sp³-hybridized carbons (Fsp3) is 0.833. The van der Waals surface area contributed by atoms with Crippen LogP contribution in [-0.4, -0.2) is 32.3 Å². The topological polar surface area (TPSA) is 50.4 Å². The molecule has 4 heteroatoms. The first-order valence-corrected chi connectivity index (χ1v) is 3.38. The van der Waals surface area contributed by atoms with Crippen LogP contribution < -0.4 is 10.6 Å². The van der Waals surface area contributed by atoms with Crippen molar-refractivity contribution >= 4 is 6.09 Å². The minimum absolute atomic E-state index is 0.353. The van der Waals surface area contributed by atoms with Crippen LogP contribution in [0.2, 0.25) is 0 Å². The van der Waals surface area contributed by atoms with Gasteiger partial charge in [0.1, 0.15) is 0 Å². The van der Waals surface area contributed by atoms with Gasteiger partial charge in [-0.3, -0.25) is 0 Å². The standard InChI is InChI=1S/C6H12N2O2/c1-10-6(9)8-4-5-2-3-7-5/h5,7H,2-4H2,1H3,(H,8,9). The number of carbonyl (C=O) groups excluding carboxylic acids is 1. The molecule has 0 aromatic heterocycles. The molecule has 1 amide bonds. The van der Waals surface area contributed by atoms with Gasteiger partial charge in [-0.1, -0.05) is 0 Å². The van der Waals surface area contributed by atoms with Gasteiger partial charge in [-0.15, -0.1) is 0 Å². The van der Waals surface area contributed by atoms with Crippen LogP contribution in [0, 0.1) is 0 Å². The maximum atomic E-state index is 10.5. The molecular weight excluding hydrogens is 132 g/mol. The molecule has 1 atom stereocenters. The number of ether oxygens (including phenoxy) is 1. The van der Waals surface area contributed by atoms with Crippen molar-refractivity contribution < 1.29 is 9.53 Å². The van der Waals surface area contributed by atoms with Crippen LogP contribution in [0.25, 0.3) is 0 Å². The van der Waals surface area contributed by atoms with Crippen molar-refractivity contribution in [1.82, 2.24) is 10.6 Å². The zero-order chi connectivity index (χ0) is 7.40. The first-order valence-electron chi connectivity index (χ1n) is 3.38. The number of carbonyl (C=O) groups is 1. The van der Waals surface area contributed by atoms with Crippen molar-refractivity contribution in [2.45, 2.75) is 12.5 Å². The molecule has 1 heterocycles. The van der Waals surface area contributed by atoms with Gasteiger partial charge in [0.25, 0.3) is 0 Å². The summed E-state index contributed by atoms with van der Waals surface area (Å²) in [5, 5.41) is 5.77. The number of alkyl carbamates (subject to hydrolysis) is 1. The average molecular weight is 144 g/mol. The second-order valence-electron chi connectivity index (χ2n) is 2.31. The largest absolute Gasteiger partial charge is 0.453 e. The smallest absolute Gasteiger partial charge is 0.406 e. The Morgan fingerprint density at radius 3 is 3.00 bits per heavy atom. The molecule has 2 N–H and O–H groups in total. The van der Waals surface area contributed by atoms with E-state index in [-0.39, 0.29) is 6.09 Å². The minimum atomic E-state index is -0.353. The van der Waals surface area contributed by atoms with Crippen molar-refractivity contribution in [2.24, 2.45) is 0 Å². The summed E-state index contributed by atoms with van der Waals surface area (Å²) in [5.74, 6) is 0. The summed E-state index contributed by atoms with van der Waals surface area (Å²) >= 11 is 0. The average Bonchev–Trinajstić information content (AvgIpc) is 1.84. The molecule has 0 aromatic rings. The molecule has 0 radical (unpaired) electrons. The van der Waals surface area contributed by atoms with Gasteiger partial charge in [-0.05, 0) is 13.0 Å². The van der Waals surface area contributed by atoms with Crippen LogP contribution in [0.3, 0.4) is 0 Å². The highest BCUT2D eigenvalue weighted by Gasteiger charge is 2.16. The van der Waals surface area contributed by atoms with Gasteiger partial charge in [0.05, 0.1) is 7.11 Å². The molecular formula is C6H12N2O2. The van der Waals surface area contributed by atoms with E-state index in [2.05, 4.69) is 15.4 Å². The molecule has 1 aliphatic rings. The second-order valence-corrected chi connectivity index (χ2v) is 2.31. The Morgan fingerprint density at radius 2 is 2.60 bits per heavy atom. The maximum absolute atomic E-state index is 10.5. The molecule has 0 bridgehead atoms. The second kappa shape index (κ2) is 3.41. The van der Waals surface area contributed by atoms with Crippen molar-refractivity contribution in [2.75, 3.05) is 20.2 Å². The Morgan fingerprint density at radius 1 is 1.90 bits per heavy atom. The summed E-state index contributed by atoms with van der Waals surface area (Å²) in [6, 6.07) is 0.457. The maximum Gasteiger partial charge on any atom is 0.406 e. The first-order chi connectivity index (χ1) is 4.83. The highest BCUT2D eigenvalue weighted by Crippen LogP contribution is 1.98. The van der Waals surface area contributed by atoms with Crippen LogP contribution in [-0.2, 0) is 4.74 Å². The molecule has 1 saturated heterocycles. The Labute approximate surface area is 59.9 Å². The van der Waals surface area contributed by atoms with Gasteiger partial charge in [0, 0.05) is 12.6 Å². The van der Waals surface area contributed by atoms with E-state index in [4.69, 9.17) is 0 Å². The fourth-order valence-corrected chi connectivity index (χ4v) is 0.801. The van der Waals surface area contributed by atoms with E-state index in [1.54, 1.807) is 0 Å². The lowest BCUT2D eigenvalue weighted by molar-refractivity contribution is 0.168. The summed E-state index contributed by atoms with van der Waals surface area (Å²) < 4.78 is 4.39. The normalized spacial score (nSPS) is 23.1. The zero-order valence-electron chi connectivity index (χ0n) is 6.02. The Balaban J connectivity index is 1.98. The van der Waals surface area contributed by atoms with Crippen molar-refractivity contribution in [3.63, 3.8) is 0 Å². The summed E-state index contributed by atoms with van der Waals surface area (Å²) in [6.45, 7) is 1.74. The predicted octanol–water partition coefficient (Wildman–Crippen LogP) is -0.296. The molecule has 1 unspecified atom stereocenters. The van der Waals surface area contributed by atoms with Crippen LogP contribution in [0.15, 0.2) is 0 Å². The molecule has 0 saturated carbocycles. The summed E-state index contributed by atoms with van der Waals surface area (Å²) in [7, 11) is 1.36. The summed E-state index contributed by atoms with van der Waals surface area (Å²) in [4.78, 5) is 10.5. The monoisotopic (exact) mass is 144 g/mol. The number of nitrogens with one attached hydrogen (secondary N) is 2. The number of amides is 1. The Bertz CT molecular complexity index is 123. The predicted molar refractivity (Wildman–Crippen MR) is 36.8 cm³/mol. The lowest BCUT2D eigenvalue weighted by atomic mass is 10.1. The van der Waals surface area contributed by atoms with Crippen molar-refractivity contribution in [3.05, 3.63) is 0 Å². The van der Waals surface area contributed by atoms with Crippen molar-refractivity contribution in [3.8, 4) is 0 Å². The molecule has 10 heavy (non-hydrogen) atoms. The van der Waals surface area contributed by atoms with E-state index in [9.17, 15) is 4.79 Å². The van der Waals surface area contributed by atoms with Gasteiger partial charge in [0.2, 0.25) is 0 Å². The molecule has 1 fully saturated rings. The van der Waals surface area contributed by atoms with Crippen molar-refractivity contribution in [1.29, 1.82) is 0 Å². The minimum Gasteiger partial charge on any atom is -0.453 e. The quantitative estimate of drug-likeness (QED) is 0.559.